The van der Waals surface area contributed by atoms with E-state index in [1.54, 1.807) is 14.0 Å². The maximum absolute atomic E-state index is 13.7. The molecular weight excluding hydrogens is 248 g/mol. The molecule has 2 N–H and O–H groups in total. The van der Waals surface area contributed by atoms with Crippen LogP contribution in [0.3, 0.4) is 0 Å². The van der Waals surface area contributed by atoms with Crippen molar-refractivity contribution in [3.05, 3.63) is 34.5 Å². The summed E-state index contributed by atoms with van der Waals surface area (Å²) in [5, 5.41) is 4.04. The Bertz CT molecular complexity index is 570. The fourth-order valence-electron chi connectivity index (χ4n) is 1.77. The summed E-state index contributed by atoms with van der Waals surface area (Å²) in [4.78, 5) is 0. The molecule has 1 heterocycles. The van der Waals surface area contributed by atoms with Gasteiger partial charge in [-0.15, -0.1) is 0 Å². The van der Waals surface area contributed by atoms with Crippen LogP contribution in [0.15, 0.2) is 12.1 Å². The average Bonchev–Trinajstić information content (AvgIpc) is 2.43. The van der Waals surface area contributed by atoms with Gasteiger partial charge in [-0.2, -0.15) is 5.10 Å². The predicted molar refractivity (Wildman–Crippen MR) is 62.7 cm³/mol. The van der Waals surface area contributed by atoms with Crippen molar-refractivity contribution >= 4 is 17.4 Å². The summed E-state index contributed by atoms with van der Waals surface area (Å²) >= 11 is 5.85. The van der Waals surface area contributed by atoms with Crippen LogP contribution in [0.2, 0.25) is 5.02 Å². The molecule has 0 saturated heterocycles. The highest BCUT2D eigenvalue weighted by atomic mass is 35.5. The summed E-state index contributed by atoms with van der Waals surface area (Å²) < 4.78 is 28.1. The largest absolute Gasteiger partial charge is 0.383 e. The van der Waals surface area contributed by atoms with Crippen LogP contribution in [-0.4, -0.2) is 9.78 Å². The minimum atomic E-state index is -0.752. The lowest BCUT2D eigenvalue weighted by Gasteiger charge is -2.06. The lowest BCUT2D eigenvalue weighted by Crippen LogP contribution is -1.99. The highest BCUT2D eigenvalue weighted by molar-refractivity contribution is 6.33. The minimum Gasteiger partial charge on any atom is -0.383 e. The smallest absolute Gasteiger partial charge is 0.135 e. The van der Waals surface area contributed by atoms with E-state index in [1.807, 2.05) is 0 Å². The van der Waals surface area contributed by atoms with Gasteiger partial charge in [0.2, 0.25) is 0 Å². The molecule has 0 atom stereocenters. The van der Waals surface area contributed by atoms with Crippen LogP contribution in [-0.2, 0) is 7.05 Å². The molecule has 1 aromatic carbocycles. The van der Waals surface area contributed by atoms with Crippen molar-refractivity contribution < 1.29 is 8.78 Å². The highest BCUT2D eigenvalue weighted by Gasteiger charge is 2.20. The molecule has 0 aliphatic heterocycles. The van der Waals surface area contributed by atoms with Crippen molar-refractivity contribution in [3.63, 3.8) is 0 Å². The van der Waals surface area contributed by atoms with E-state index in [-0.39, 0.29) is 16.4 Å². The Morgan fingerprint density at radius 2 is 1.94 bits per heavy atom. The fourth-order valence-corrected chi connectivity index (χ4v) is 2.06. The topological polar surface area (TPSA) is 43.8 Å². The molecule has 0 aliphatic rings. The van der Waals surface area contributed by atoms with E-state index in [9.17, 15) is 8.78 Å². The third-order valence-corrected chi connectivity index (χ3v) is 2.82. The SMILES string of the molecule is Cc1nn(C)c(N)c1-c1c(F)cc(F)cc1Cl. The third-order valence-electron chi connectivity index (χ3n) is 2.52. The van der Waals surface area contributed by atoms with Gasteiger partial charge in [-0.25, -0.2) is 8.78 Å². The van der Waals surface area contributed by atoms with Crippen molar-refractivity contribution in [3.8, 4) is 11.1 Å². The van der Waals surface area contributed by atoms with Crippen LogP contribution in [0.1, 0.15) is 5.69 Å². The zero-order chi connectivity index (χ0) is 12.7. The number of aryl methyl sites for hydroxylation is 2. The minimum absolute atomic E-state index is 0.0229. The molecule has 0 bridgehead atoms. The maximum atomic E-state index is 13.7. The molecule has 0 saturated carbocycles. The van der Waals surface area contributed by atoms with Gasteiger partial charge in [0, 0.05) is 18.7 Å². The van der Waals surface area contributed by atoms with Gasteiger partial charge in [0.15, 0.2) is 0 Å². The van der Waals surface area contributed by atoms with Crippen molar-refractivity contribution in [1.82, 2.24) is 9.78 Å². The number of hydrogen-bond donors (Lipinski definition) is 1. The Morgan fingerprint density at radius 1 is 1.29 bits per heavy atom. The molecule has 0 amide bonds. The molecule has 3 nitrogen and oxygen atoms in total. The average molecular weight is 258 g/mol. The van der Waals surface area contributed by atoms with Crippen LogP contribution in [0.4, 0.5) is 14.6 Å². The number of anilines is 1. The van der Waals surface area contributed by atoms with Crippen LogP contribution in [0.25, 0.3) is 11.1 Å². The van der Waals surface area contributed by atoms with Crippen LogP contribution >= 0.6 is 11.6 Å². The molecule has 6 heteroatoms. The Morgan fingerprint density at radius 3 is 2.41 bits per heavy atom. The second-order valence-electron chi connectivity index (χ2n) is 3.71. The van der Waals surface area contributed by atoms with E-state index >= 15 is 0 Å². The summed E-state index contributed by atoms with van der Waals surface area (Å²) in [6.07, 6.45) is 0. The van der Waals surface area contributed by atoms with E-state index in [2.05, 4.69) is 5.10 Å². The van der Waals surface area contributed by atoms with Gasteiger partial charge in [-0.1, -0.05) is 11.6 Å². The Kier molecular flexibility index (Phi) is 2.79. The zero-order valence-corrected chi connectivity index (χ0v) is 10.0. The third kappa shape index (κ3) is 1.86. The number of nitrogen functional groups attached to an aromatic ring is 1. The molecule has 2 aromatic rings. The molecule has 0 radical (unpaired) electrons. The summed E-state index contributed by atoms with van der Waals surface area (Å²) in [6, 6.07) is 1.82. The maximum Gasteiger partial charge on any atom is 0.135 e. The molecule has 17 heavy (non-hydrogen) atoms. The summed E-state index contributed by atoms with van der Waals surface area (Å²) in [5.74, 6) is -1.19. The number of benzene rings is 1. The molecule has 2 rings (SSSR count). The van der Waals surface area contributed by atoms with E-state index < -0.39 is 11.6 Å². The second kappa shape index (κ2) is 4.00. The molecule has 90 valence electrons. The van der Waals surface area contributed by atoms with Gasteiger partial charge >= 0.3 is 0 Å². The molecule has 0 fully saturated rings. The second-order valence-corrected chi connectivity index (χ2v) is 4.12. The normalized spacial score (nSPS) is 10.9. The van der Waals surface area contributed by atoms with E-state index in [4.69, 9.17) is 17.3 Å². The number of nitrogens with zero attached hydrogens (tertiary/aromatic N) is 2. The summed E-state index contributed by atoms with van der Waals surface area (Å²) in [6.45, 7) is 1.69. The predicted octanol–water partition coefficient (Wildman–Crippen LogP) is 2.91. The lowest BCUT2D eigenvalue weighted by atomic mass is 10.0. The van der Waals surface area contributed by atoms with Gasteiger partial charge in [0.05, 0.1) is 16.3 Å². The van der Waals surface area contributed by atoms with Gasteiger partial charge in [0.25, 0.3) is 0 Å². The van der Waals surface area contributed by atoms with E-state index in [0.717, 1.165) is 12.1 Å². The molecule has 0 unspecified atom stereocenters. The Labute approximate surface area is 102 Å². The van der Waals surface area contributed by atoms with Crippen LogP contribution in [0.5, 0.6) is 0 Å². The summed E-state index contributed by atoms with van der Waals surface area (Å²) in [7, 11) is 1.64. The number of nitrogens with two attached hydrogens (primary N) is 1. The first-order valence-corrected chi connectivity index (χ1v) is 5.23. The number of hydrogen-bond acceptors (Lipinski definition) is 2. The fraction of sp³-hybridized carbons (Fsp3) is 0.182. The quantitative estimate of drug-likeness (QED) is 0.854. The van der Waals surface area contributed by atoms with E-state index in [1.165, 1.54) is 4.68 Å². The lowest BCUT2D eigenvalue weighted by molar-refractivity contribution is 0.585. The van der Waals surface area contributed by atoms with Crippen molar-refractivity contribution in [2.24, 2.45) is 7.05 Å². The molecule has 0 aliphatic carbocycles. The zero-order valence-electron chi connectivity index (χ0n) is 9.26. The number of rotatable bonds is 1. The number of aromatic nitrogens is 2. The highest BCUT2D eigenvalue weighted by Crippen LogP contribution is 2.36. The molecular formula is C11H10ClF2N3. The Balaban J connectivity index is 2.77. The van der Waals surface area contributed by atoms with E-state index in [0.29, 0.717) is 11.3 Å². The standard InChI is InChI=1S/C11H10ClF2N3/c1-5-9(11(15)17(2)16-5)10-7(12)3-6(13)4-8(10)14/h3-4H,15H2,1-2H3. The van der Waals surface area contributed by atoms with Crippen molar-refractivity contribution in [1.29, 1.82) is 0 Å². The van der Waals surface area contributed by atoms with Crippen molar-refractivity contribution in [2.45, 2.75) is 6.92 Å². The first kappa shape index (κ1) is 11.9. The first-order chi connectivity index (χ1) is 7.91. The van der Waals surface area contributed by atoms with Gasteiger partial charge < -0.3 is 5.73 Å². The molecule has 1 aromatic heterocycles. The monoisotopic (exact) mass is 257 g/mol. The van der Waals surface area contributed by atoms with Crippen LogP contribution in [0, 0.1) is 18.6 Å². The first-order valence-electron chi connectivity index (χ1n) is 4.85. The van der Waals surface area contributed by atoms with Gasteiger partial charge in [-0.3, -0.25) is 4.68 Å². The van der Waals surface area contributed by atoms with Crippen LogP contribution < -0.4 is 5.73 Å². The van der Waals surface area contributed by atoms with Crippen molar-refractivity contribution in [2.75, 3.05) is 5.73 Å². The Hall–Kier alpha value is -1.62. The summed E-state index contributed by atoms with van der Waals surface area (Å²) in [5.41, 5.74) is 6.81. The number of halogens is 3. The van der Waals surface area contributed by atoms with Gasteiger partial charge in [0.1, 0.15) is 17.5 Å². The molecule has 0 spiro atoms. The van der Waals surface area contributed by atoms with Gasteiger partial charge in [-0.05, 0) is 13.0 Å².